The number of carbonyl (C=O) groups is 4. The van der Waals surface area contributed by atoms with E-state index in [1.165, 1.54) is 30.3 Å². The van der Waals surface area contributed by atoms with Crippen LogP contribution in [-0.2, 0) is 4.74 Å². The lowest BCUT2D eigenvalue weighted by Crippen LogP contribution is -2.19. The van der Waals surface area contributed by atoms with Crippen molar-refractivity contribution in [1.82, 2.24) is 0 Å². The molecule has 0 atom stereocenters. The van der Waals surface area contributed by atoms with Gasteiger partial charge >= 0.3 is 23.9 Å². The van der Waals surface area contributed by atoms with E-state index in [-0.39, 0.29) is 33.4 Å². The van der Waals surface area contributed by atoms with Gasteiger partial charge in [0.2, 0.25) is 0 Å². The number of ether oxygens (including phenoxy) is 3. The van der Waals surface area contributed by atoms with Crippen LogP contribution >= 0.6 is 0 Å². The number of aromatic carboxylic acids is 2. The molecule has 0 spiro atoms. The molecule has 1 aliphatic rings. The van der Waals surface area contributed by atoms with E-state index >= 15 is 0 Å². The second-order valence-corrected chi connectivity index (χ2v) is 8.65. The lowest BCUT2D eigenvalue weighted by molar-refractivity contribution is 0.0390. The Morgan fingerprint density at radius 1 is 0.590 bits per heavy atom. The van der Waals surface area contributed by atoms with Crippen LogP contribution in [0.2, 0.25) is 0 Å². The van der Waals surface area contributed by atoms with E-state index in [0.717, 1.165) is 0 Å². The topological polar surface area (TPSA) is 136 Å². The average Bonchev–Trinajstić information content (AvgIpc) is 2.92. The van der Waals surface area contributed by atoms with Crippen molar-refractivity contribution in [1.29, 1.82) is 0 Å². The molecule has 0 saturated heterocycles. The van der Waals surface area contributed by atoms with Gasteiger partial charge in [-0.3, -0.25) is 0 Å². The molecule has 0 unspecified atom stereocenters. The first-order chi connectivity index (χ1) is 18.8. The van der Waals surface area contributed by atoms with Gasteiger partial charge in [-0.1, -0.05) is 30.3 Å². The van der Waals surface area contributed by atoms with Crippen molar-refractivity contribution >= 4 is 45.4 Å². The molecule has 0 amide bonds. The van der Waals surface area contributed by atoms with Crippen molar-refractivity contribution in [3.8, 4) is 23.0 Å². The van der Waals surface area contributed by atoms with E-state index < -0.39 is 23.9 Å². The summed E-state index contributed by atoms with van der Waals surface area (Å²) in [6.07, 6.45) is 0. The Morgan fingerprint density at radius 2 is 1.10 bits per heavy atom. The fourth-order valence-corrected chi connectivity index (χ4v) is 4.68. The first kappa shape index (κ1) is 23.7. The van der Waals surface area contributed by atoms with Gasteiger partial charge in [0.25, 0.3) is 0 Å². The number of hydrogen-bond acceptors (Lipinski definition) is 7. The van der Waals surface area contributed by atoms with Gasteiger partial charge in [0, 0.05) is 27.6 Å². The molecule has 5 aromatic rings. The second kappa shape index (κ2) is 9.00. The highest BCUT2D eigenvalue weighted by molar-refractivity contribution is 6.21. The number of carbonyl (C=O) groups excluding carboxylic acids is 2. The first-order valence-electron chi connectivity index (χ1n) is 11.6. The van der Waals surface area contributed by atoms with Crippen molar-refractivity contribution in [3.63, 3.8) is 0 Å². The lowest BCUT2D eigenvalue weighted by Gasteiger charge is -2.18. The van der Waals surface area contributed by atoms with Gasteiger partial charge in [-0.15, -0.1) is 0 Å². The molecule has 0 aromatic heterocycles. The Bertz CT molecular complexity index is 1850. The van der Waals surface area contributed by atoms with Crippen molar-refractivity contribution in [2.24, 2.45) is 0 Å². The third-order valence-electron chi connectivity index (χ3n) is 6.35. The second-order valence-electron chi connectivity index (χ2n) is 8.65. The molecular formula is C30H16O9. The molecular weight excluding hydrogens is 504 g/mol. The Balaban J connectivity index is 1.38. The predicted molar refractivity (Wildman–Crippen MR) is 138 cm³/mol. The van der Waals surface area contributed by atoms with Gasteiger partial charge in [-0.25, -0.2) is 19.2 Å². The molecule has 9 nitrogen and oxygen atoms in total. The van der Waals surface area contributed by atoms with E-state index in [9.17, 15) is 29.4 Å². The molecule has 190 valence electrons. The highest BCUT2D eigenvalue weighted by atomic mass is 16.6. The Hall–Kier alpha value is -5.70. The summed E-state index contributed by atoms with van der Waals surface area (Å²) in [6.45, 7) is 0. The Labute approximate surface area is 219 Å². The van der Waals surface area contributed by atoms with Gasteiger partial charge in [-0.05, 0) is 48.5 Å². The van der Waals surface area contributed by atoms with Crippen LogP contribution in [0.1, 0.15) is 41.4 Å². The summed E-state index contributed by atoms with van der Waals surface area (Å²) in [5.74, 6) is -2.57. The van der Waals surface area contributed by atoms with Crippen LogP contribution in [0, 0.1) is 0 Å². The standard InChI is InChI=1S/C30H16O9/c31-27(32)19-8-2-6-17-23(12-10-20(25(17)19)28(33)34)37-15-4-1-5-16(14-15)38-24-13-11-22-26-18(24)7-3-9-21(26)29(35)39-30(22)36/h1-14H,(H,31,32)(H,33,34). The number of cyclic esters (lactones) is 2. The van der Waals surface area contributed by atoms with Crippen LogP contribution < -0.4 is 9.47 Å². The van der Waals surface area contributed by atoms with Gasteiger partial charge < -0.3 is 24.4 Å². The van der Waals surface area contributed by atoms with Crippen LogP contribution in [0.25, 0.3) is 21.5 Å². The summed E-state index contributed by atoms with van der Waals surface area (Å²) >= 11 is 0. The van der Waals surface area contributed by atoms with Gasteiger partial charge in [0.1, 0.15) is 23.0 Å². The number of esters is 2. The zero-order valence-electron chi connectivity index (χ0n) is 19.8. The number of hydrogen-bond donors (Lipinski definition) is 2. The number of fused-ring (bicyclic) bond motifs is 1. The van der Waals surface area contributed by atoms with Crippen LogP contribution in [-0.4, -0.2) is 34.1 Å². The predicted octanol–water partition coefficient (Wildman–Crippen LogP) is 6.28. The van der Waals surface area contributed by atoms with E-state index in [2.05, 4.69) is 0 Å². The van der Waals surface area contributed by atoms with Crippen molar-refractivity contribution in [2.75, 3.05) is 0 Å². The minimum absolute atomic E-state index is 0.0549. The minimum Gasteiger partial charge on any atom is -0.478 e. The number of carboxylic acids is 2. The highest BCUT2D eigenvalue weighted by Crippen LogP contribution is 2.39. The van der Waals surface area contributed by atoms with E-state index in [1.54, 1.807) is 54.6 Å². The summed E-state index contributed by atoms with van der Waals surface area (Å²) in [5, 5.41) is 20.6. The fraction of sp³-hybridized carbons (Fsp3) is 0. The molecule has 0 fully saturated rings. The molecule has 6 rings (SSSR count). The molecule has 0 aliphatic carbocycles. The molecule has 5 aromatic carbocycles. The number of benzene rings is 5. The summed E-state index contributed by atoms with van der Waals surface area (Å²) < 4.78 is 17.0. The molecule has 0 bridgehead atoms. The Kier molecular flexibility index (Phi) is 5.46. The SMILES string of the molecule is O=C(O)c1cccc2c(Oc3cccc(Oc4ccc5c6c(cccc46)C(=O)OC5=O)c3)ccc(C(=O)O)c12. The third kappa shape index (κ3) is 3.98. The zero-order valence-corrected chi connectivity index (χ0v) is 19.8. The first-order valence-corrected chi connectivity index (χ1v) is 11.6. The average molecular weight is 520 g/mol. The molecule has 0 saturated carbocycles. The van der Waals surface area contributed by atoms with E-state index in [4.69, 9.17) is 14.2 Å². The van der Waals surface area contributed by atoms with Crippen molar-refractivity contribution in [2.45, 2.75) is 0 Å². The summed E-state index contributed by atoms with van der Waals surface area (Å²) in [4.78, 5) is 48.0. The normalized spacial score (nSPS) is 12.3. The summed E-state index contributed by atoms with van der Waals surface area (Å²) in [5.41, 5.74) is 0.222. The van der Waals surface area contributed by atoms with Gasteiger partial charge in [0.15, 0.2) is 0 Å². The Morgan fingerprint density at radius 3 is 1.74 bits per heavy atom. The molecule has 39 heavy (non-hydrogen) atoms. The monoisotopic (exact) mass is 520 g/mol. The highest BCUT2D eigenvalue weighted by Gasteiger charge is 2.28. The van der Waals surface area contributed by atoms with E-state index in [0.29, 0.717) is 33.4 Å². The summed E-state index contributed by atoms with van der Waals surface area (Å²) in [7, 11) is 0. The zero-order chi connectivity index (χ0) is 27.3. The maximum atomic E-state index is 12.2. The van der Waals surface area contributed by atoms with Crippen molar-refractivity contribution < 1.29 is 43.6 Å². The van der Waals surface area contributed by atoms with Crippen molar-refractivity contribution in [3.05, 3.63) is 107 Å². The minimum atomic E-state index is -1.26. The van der Waals surface area contributed by atoms with Crippen LogP contribution in [0.15, 0.2) is 84.9 Å². The van der Waals surface area contributed by atoms with Crippen LogP contribution in [0.3, 0.4) is 0 Å². The maximum Gasteiger partial charge on any atom is 0.346 e. The molecule has 0 radical (unpaired) electrons. The molecule has 1 aliphatic heterocycles. The number of rotatable bonds is 6. The van der Waals surface area contributed by atoms with Crippen LogP contribution in [0.4, 0.5) is 0 Å². The smallest absolute Gasteiger partial charge is 0.346 e. The van der Waals surface area contributed by atoms with E-state index in [1.807, 2.05) is 0 Å². The third-order valence-corrected chi connectivity index (χ3v) is 6.35. The molecule has 9 heteroatoms. The van der Waals surface area contributed by atoms with Gasteiger partial charge in [0.05, 0.1) is 22.3 Å². The summed E-state index contributed by atoms with van der Waals surface area (Å²) in [6, 6.07) is 22.0. The number of carboxylic acid groups (broad SMARTS) is 2. The largest absolute Gasteiger partial charge is 0.478 e. The fourth-order valence-electron chi connectivity index (χ4n) is 4.68. The molecule has 2 N–H and O–H groups in total. The van der Waals surface area contributed by atoms with Crippen LogP contribution in [0.5, 0.6) is 23.0 Å². The quantitative estimate of drug-likeness (QED) is 0.196. The lowest BCUT2D eigenvalue weighted by atomic mass is 9.96. The maximum absolute atomic E-state index is 12.2. The molecule has 1 heterocycles. The van der Waals surface area contributed by atoms with Gasteiger partial charge in [-0.2, -0.15) is 0 Å².